The van der Waals surface area contributed by atoms with Crippen LogP contribution in [0.1, 0.15) is 52.9 Å². The number of furan rings is 2. The van der Waals surface area contributed by atoms with Gasteiger partial charge in [0, 0.05) is 47.5 Å². The normalized spacial score (nSPS) is 19.1. The molecular formula is C45H33N3O2S. The van der Waals surface area contributed by atoms with Crippen LogP contribution in [-0.4, -0.2) is 0 Å². The Bertz CT molecular complexity index is 2830. The summed E-state index contributed by atoms with van der Waals surface area (Å²) in [7, 11) is 0. The minimum Gasteiger partial charge on any atom is -0.456 e. The van der Waals surface area contributed by atoms with Crippen molar-refractivity contribution in [2.24, 2.45) is 0 Å². The molecule has 9 aromatic rings. The number of benzene rings is 6. The first-order chi connectivity index (χ1) is 25.2. The smallest absolute Gasteiger partial charge is 0.141 e. The van der Waals surface area contributed by atoms with Crippen LogP contribution < -0.4 is 16.0 Å². The van der Waals surface area contributed by atoms with E-state index < -0.39 is 0 Å². The number of hydrogen-bond donors (Lipinski definition) is 3. The van der Waals surface area contributed by atoms with Crippen molar-refractivity contribution >= 4 is 70.5 Å². The SMILES string of the molecule is C1=Cc2oc3cc(-c4ccc5oc6c(C7NC(c8ccccc8)NC(c8ccc9sc%10ccccc%10c9c8)N7)cccc6c5c4)ccc3c2CC1. The van der Waals surface area contributed by atoms with Crippen LogP contribution in [0.3, 0.4) is 0 Å². The van der Waals surface area contributed by atoms with Crippen molar-refractivity contribution in [1.82, 2.24) is 16.0 Å². The lowest BCUT2D eigenvalue weighted by Gasteiger charge is -2.39. The number of para-hydroxylation sites is 1. The highest BCUT2D eigenvalue weighted by atomic mass is 32.1. The Labute approximate surface area is 298 Å². The molecule has 5 nitrogen and oxygen atoms in total. The molecule has 0 radical (unpaired) electrons. The summed E-state index contributed by atoms with van der Waals surface area (Å²) in [5, 5.41) is 17.6. The third kappa shape index (κ3) is 4.79. The summed E-state index contributed by atoms with van der Waals surface area (Å²) in [4.78, 5) is 0. The zero-order chi connectivity index (χ0) is 33.5. The van der Waals surface area contributed by atoms with Crippen molar-refractivity contribution < 1.29 is 8.83 Å². The molecule has 1 fully saturated rings. The number of aryl methyl sites for hydroxylation is 1. The van der Waals surface area contributed by atoms with Gasteiger partial charge in [-0.15, -0.1) is 11.3 Å². The number of fused-ring (bicyclic) bond motifs is 9. The predicted molar refractivity (Wildman–Crippen MR) is 210 cm³/mol. The third-order valence-electron chi connectivity index (χ3n) is 10.7. The summed E-state index contributed by atoms with van der Waals surface area (Å²) in [5.74, 6) is 0.995. The maximum Gasteiger partial charge on any atom is 0.141 e. The summed E-state index contributed by atoms with van der Waals surface area (Å²) >= 11 is 1.85. The molecule has 3 N–H and O–H groups in total. The molecule has 6 aromatic carbocycles. The van der Waals surface area contributed by atoms with Gasteiger partial charge in [0.05, 0.1) is 18.5 Å². The zero-order valence-electron chi connectivity index (χ0n) is 27.7. The fraction of sp³-hybridized carbons (Fsp3) is 0.111. The van der Waals surface area contributed by atoms with Crippen molar-refractivity contribution in [3.8, 4) is 11.1 Å². The molecule has 3 unspecified atom stereocenters. The maximum absolute atomic E-state index is 6.71. The molecule has 0 saturated carbocycles. The largest absolute Gasteiger partial charge is 0.456 e. The van der Waals surface area contributed by atoms with E-state index in [0.717, 1.165) is 62.8 Å². The molecule has 0 bridgehead atoms. The third-order valence-corrected chi connectivity index (χ3v) is 11.8. The van der Waals surface area contributed by atoms with Gasteiger partial charge in [0.25, 0.3) is 0 Å². The van der Waals surface area contributed by atoms with E-state index in [4.69, 9.17) is 8.83 Å². The average molecular weight is 680 g/mol. The van der Waals surface area contributed by atoms with Gasteiger partial charge in [0.2, 0.25) is 0 Å². The first-order valence-electron chi connectivity index (χ1n) is 17.7. The first-order valence-corrected chi connectivity index (χ1v) is 18.5. The molecule has 1 saturated heterocycles. The summed E-state index contributed by atoms with van der Waals surface area (Å²) in [6, 6.07) is 45.8. The van der Waals surface area contributed by atoms with E-state index in [2.05, 4.69) is 155 Å². The highest BCUT2D eigenvalue weighted by Gasteiger charge is 2.31. The van der Waals surface area contributed by atoms with Crippen LogP contribution in [-0.2, 0) is 6.42 Å². The highest BCUT2D eigenvalue weighted by Crippen LogP contribution is 2.40. The van der Waals surface area contributed by atoms with E-state index in [1.807, 2.05) is 11.3 Å². The van der Waals surface area contributed by atoms with Gasteiger partial charge in [-0.05, 0) is 77.6 Å². The van der Waals surface area contributed by atoms with E-state index in [-0.39, 0.29) is 18.5 Å². The lowest BCUT2D eigenvalue weighted by atomic mass is 9.98. The van der Waals surface area contributed by atoms with Gasteiger partial charge < -0.3 is 8.83 Å². The van der Waals surface area contributed by atoms with Gasteiger partial charge in [-0.3, -0.25) is 16.0 Å². The molecule has 2 aliphatic rings. The molecule has 0 amide bonds. The summed E-state index contributed by atoms with van der Waals surface area (Å²) in [5.41, 5.74) is 9.77. The van der Waals surface area contributed by atoms with Gasteiger partial charge in [-0.2, -0.15) is 0 Å². The van der Waals surface area contributed by atoms with Gasteiger partial charge in [-0.1, -0.05) is 97.1 Å². The second-order valence-electron chi connectivity index (χ2n) is 13.7. The Hall–Kier alpha value is -5.50. The quantitative estimate of drug-likeness (QED) is 0.173. The fourth-order valence-corrected chi connectivity index (χ4v) is 9.25. The topological polar surface area (TPSA) is 62.4 Å². The van der Waals surface area contributed by atoms with E-state index in [1.165, 1.54) is 42.2 Å². The van der Waals surface area contributed by atoms with Crippen LogP contribution in [0, 0.1) is 0 Å². The lowest BCUT2D eigenvalue weighted by Crippen LogP contribution is -2.54. The Morgan fingerprint density at radius 1 is 0.529 bits per heavy atom. The second-order valence-corrected chi connectivity index (χ2v) is 14.8. The van der Waals surface area contributed by atoms with E-state index in [9.17, 15) is 0 Å². The number of thiophene rings is 1. The van der Waals surface area contributed by atoms with Crippen LogP contribution in [0.15, 0.2) is 142 Å². The molecule has 0 spiro atoms. The molecule has 6 heteroatoms. The summed E-state index contributed by atoms with van der Waals surface area (Å²) in [6.45, 7) is 0. The highest BCUT2D eigenvalue weighted by molar-refractivity contribution is 7.25. The Balaban J connectivity index is 0.993. The van der Waals surface area contributed by atoms with E-state index >= 15 is 0 Å². The molecule has 51 heavy (non-hydrogen) atoms. The number of hydrogen-bond acceptors (Lipinski definition) is 6. The predicted octanol–water partition coefficient (Wildman–Crippen LogP) is 11.5. The molecule has 1 aliphatic heterocycles. The average Bonchev–Trinajstić information content (AvgIpc) is 3.88. The van der Waals surface area contributed by atoms with Crippen LogP contribution >= 0.6 is 11.3 Å². The fourth-order valence-electron chi connectivity index (χ4n) is 8.16. The lowest BCUT2D eigenvalue weighted by molar-refractivity contribution is 0.203. The molecule has 246 valence electrons. The van der Waals surface area contributed by atoms with E-state index in [1.54, 1.807) is 0 Å². The van der Waals surface area contributed by atoms with Crippen LogP contribution in [0.4, 0.5) is 0 Å². The van der Waals surface area contributed by atoms with Crippen LogP contribution in [0.25, 0.3) is 70.3 Å². The molecule has 11 rings (SSSR count). The van der Waals surface area contributed by atoms with Gasteiger partial charge in [0.15, 0.2) is 0 Å². The van der Waals surface area contributed by atoms with Crippen LogP contribution in [0.2, 0.25) is 0 Å². The standard InChI is InChI=1S/C45H33N3O2S/c1-2-9-26(10-3-1)43-46-44(29-19-22-41-36(24-29)32-12-5-7-16-40(32)51-41)48-45(47-43)34-14-8-13-33-35-23-27(18-21-38(35)50-42(33)34)28-17-20-31-30-11-4-6-15-37(30)49-39(31)25-28/h1-3,5-10,12-25,43-48H,4,11H2. The minimum atomic E-state index is -0.179. The van der Waals surface area contributed by atoms with Crippen molar-refractivity contribution in [2.45, 2.75) is 31.3 Å². The molecular weight excluding hydrogens is 647 g/mol. The monoisotopic (exact) mass is 679 g/mol. The minimum absolute atomic E-state index is 0.0821. The van der Waals surface area contributed by atoms with Gasteiger partial charge >= 0.3 is 0 Å². The Kier molecular flexibility index (Phi) is 6.61. The van der Waals surface area contributed by atoms with E-state index in [0.29, 0.717) is 0 Å². The van der Waals surface area contributed by atoms with Gasteiger partial charge in [-0.25, -0.2) is 0 Å². The second kappa shape index (κ2) is 11.5. The molecule has 4 heterocycles. The Morgan fingerprint density at radius 3 is 2.25 bits per heavy atom. The summed E-state index contributed by atoms with van der Waals surface area (Å²) < 4.78 is 15.6. The first kappa shape index (κ1) is 29.3. The molecule has 3 atom stereocenters. The van der Waals surface area contributed by atoms with Crippen LogP contribution in [0.5, 0.6) is 0 Å². The van der Waals surface area contributed by atoms with Crippen molar-refractivity contribution in [3.05, 3.63) is 161 Å². The van der Waals surface area contributed by atoms with Crippen molar-refractivity contribution in [1.29, 1.82) is 0 Å². The van der Waals surface area contributed by atoms with Crippen molar-refractivity contribution in [2.75, 3.05) is 0 Å². The molecule has 3 aromatic heterocycles. The maximum atomic E-state index is 6.71. The summed E-state index contributed by atoms with van der Waals surface area (Å²) in [6.07, 6.45) is 6.03. The zero-order valence-corrected chi connectivity index (χ0v) is 28.5. The number of nitrogens with one attached hydrogen (secondary N) is 3. The Morgan fingerprint density at radius 2 is 1.31 bits per heavy atom. The number of rotatable bonds is 4. The van der Waals surface area contributed by atoms with Gasteiger partial charge in [0.1, 0.15) is 22.5 Å². The number of allylic oxidation sites excluding steroid dienone is 1. The van der Waals surface area contributed by atoms with Crippen molar-refractivity contribution in [3.63, 3.8) is 0 Å². The molecule has 1 aliphatic carbocycles.